The fourth-order valence-electron chi connectivity index (χ4n) is 3.57. The summed E-state index contributed by atoms with van der Waals surface area (Å²) in [5.41, 5.74) is -0.0271. The molecule has 0 atom stereocenters. The molecule has 34 heavy (non-hydrogen) atoms. The largest absolute Gasteiger partial charge is 0.420 e. The van der Waals surface area contributed by atoms with Crippen LogP contribution in [0.5, 0.6) is 0 Å². The molecule has 0 amide bonds. The van der Waals surface area contributed by atoms with Crippen LogP contribution < -0.4 is 10.0 Å². The average molecular weight is 497 g/mol. The van der Waals surface area contributed by atoms with Crippen LogP contribution in [-0.4, -0.2) is 34.0 Å². The normalized spacial score (nSPS) is 12.6. The molecule has 0 bridgehead atoms. The van der Waals surface area contributed by atoms with Crippen molar-refractivity contribution >= 4 is 21.7 Å². The molecule has 0 saturated heterocycles. The summed E-state index contributed by atoms with van der Waals surface area (Å²) in [6.45, 7) is 10.5. The molecule has 0 saturated carbocycles. The minimum Gasteiger partial charge on any atom is -0.324 e. The van der Waals surface area contributed by atoms with Crippen molar-refractivity contribution in [1.82, 2.24) is 24.2 Å². The molecule has 8 nitrogen and oxygen atoms in total. The van der Waals surface area contributed by atoms with Gasteiger partial charge in [0.25, 0.3) is 0 Å². The van der Waals surface area contributed by atoms with Gasteiger partial charge in [-0.25, -0.2) is 28.1 Å². The maximum Gasteiger partial charge on any atom is 0.420 e. The molecule has 0 aliphatic heterocycles. The summed E-state index contributed by atoms with van der Waals surface area (Å²) in [6, 6.07) is 3.98. The lowest BCUT2D eigenvalue weighted by atomic mass is 10.1. The van der Waals surface area contributed by atoms with E-state index in [-0.39, 0.29) is 34.3 Å². The first-order chi connectivity index (χ1) is 15.7. The highest BCUT2D eigenvalue weighted by molar-refractivity contribution is 7.89. The number of sulfonamides is 1. The van der Waals surface area contributed by atoms with Gasteiger partial charge in [0.15, 0.2) is 0 Å². The van der Waals surface area contributed by atoms with Crippen LogP contribution in [0.4, 0.5) is 24.8 Å². The van der Waals surface area contributed by atoms with Gasteiger partial charge in [0.1, 0.15) is 17.1 Å². The molecule has 0 unspecified atom stereocenters. The van der Waals surface area contributed by atoms with E-state index in [0.29, 0.717) is 17.1 Å². The Balaban J connectivity index is 2.04. The maximum atomic E-state index is 13.7. The Labute approximate surface area is 196 Å². The standard InChI is InChI=1S/C22H27F3N6O2S/c1-12(2)30-34(32,33)16-7-8-18(14(5)9-16)28-21-27-10-17(22(23,24)25)20(29-21)19-11-26-15(6)31(19)13(3)4/h7-13,30H,1-6H3,(H,27,28,29). The minimum atomic E-state index is -4.66. The Morgan fingerprint density at radius 1 is 1.03 bits per heavy atom. The lowest BCUT2D eigenvalue weighted by Gasteiger charge is -2.18. The van der Waals surface area contributed by atoms with Crippen LogP contribution in [0.3, 0.4) is 0 Å². The van der Waals surface area contributed by atoms with Crippen LogP contribution in [0, 0.1) is 13.8 Å². The fourth-order valence-corrected chi connectivity index (χ4v) is 4.90. The summed E-state index contributed by atoms with van der Waals surface area (Å²) in [5.74, 6) is 0.505. The highest BCUT2D eigenvalue weighted by Gasteiger charge is 2.36. The molecule has 2 N–H and O–H groups in total. The summed E-state index contributed by atoms with van der Waals surface area (Å²) < 4.78 is 70.3. The van der Waals surface area contributed by atoms with E-state index >= 15 is 0 Å². The number of hydrogen-bond donors (Lipinski definition) is 2. The van der Waals surface area contributed by atoms with Crippen LogP contribution >= 0.6 is 0 Å². The molecule has 0 aliphatic carbocycles. The highest BCUT2D eigenvalue weighted by Crippen LogP contribution is 2.37. The van der Waals surface area contributed by atoms with E-state index in [1.165, 1.54) is 24.4 Å². The molecule has 3 aromatic rings. The van der Waals surface area contributed by atoms with E-state index in [2.05, 4.69) is 25.0 Å². The Hall–Kier alpha value is -2.99. The van der Waals surface area contributed by atoms with Crippen LogP contribution in [0.2, 0.25) is 0 Å². The predicted octanol–water partition coefficient (Wildman–Crippen LogP) is 4.99. The molecule has 1 aromatic carbocycles. The smallest absolute Gasteiger partial charge is 0.324 e. The topological polar surface area (TPSA) is 102 Å². The van der Waals surface area contributed by atoms with Crippen LogP contribution in [0.15, 0.2) is 35.5 Å². The first-order valence-electron chi connectivity index (χ1n) is 10.6. The maximum absolute atomic E-state index is 13.7. The molecule has 12 heteroatoms. The lowest BCUT2D eigenvalue weighted by Crippen LogP contribution is -2.30. The predicted molar refractivity (Wildman–Crippen MR) is 123 cm³/mol. The Bertz CT molecular complexity index is 1300. The lowest BCUT2D eigenvalue weighted by molar-refractivity contribution is -0.137. The van der Waals surface area contributed by atoms with Crippen molar-refractivity contribution in [1.29, 1.82) is 0 Å². The number of halogens is 3. The summed E-state index contributed by atoms with van der Waals surface area (Å²) in [5, 5.41) is 2.90. The van der Waals surface area contributed by atoms with E-state index in [9.17, 15) is 21.6 Å². The molecule has 0 spiro atoms. The van der Waals surface area contributed by atoms with Gasteiger partial charge in [-0.15, -0.1) is 0 Å². The number of aromatic nitrogens is 4. The number of benzene rings is 1. The highest BCUT2D eigenvalue weighted by atomic mass is 32.2. The van der Waals surface area contributed by atoms with E-state index in [0.717, 1.165) is 6.20 Å². The zero-order chi connectivity index (χ0) is 25.4. The number of nitrogens with zero attached hydrogens (tertiary/aromatic N) is 4. The third-order valence-corrected chi connectivity index (χ3v) is 6.64. The second-order valence-corrected chi connectivity index (χ2v) is 10.2. The molecular weight excluding hydrogens is 469 g/mol. The van der Waals surface area contributed by atoms with Crippen LogP contribution in [0.25, 0.3) is 11.4 Å². The second-order valence-electron chi connectivity index (χ2n) is 8.49. The molecule has 3 rings (SSSR count). The molecular formula is C22H27F3N6O2S. The number of aryl methyl sites for hydroxylation is 2. The Morgan fingerprint density at radius 2 is 1.71 bits per heavy atom. The van der Waals surface area contributed by atoms with Gasteiger partial charge in [0.05, 0.1) is 16.8 Å². The third kappa shape index (κ3) is 5.39. The molecule has 0 aliphatic rings. The quantitative estimate of drug-likeness (QED) is 0.478. The van der Waals surface area contributed by atoms with Crippen molar-refractivity contribution in [3.05, 3.63) is 47.5 Å². The van der Waals surface area contributed by atoms with Crippen LogP contribution in [-0.2, 0) is 16.2 Å². The molecule has 2 heterocycles. The number of nitrogens with one attached hydrogen (secondary N) is 2. The van der Waals surface area contributed by atoms with Gasteiger partial charge in [-0.05, 0) is 65.3 Å². The van der Waals surface area contributed by atoms with Crippen molar-refractivity contribution < 1.29 is 21.6 Å². The van der Waals surface area contributed by atoms with Crippen molar-refractivity contribution in [2.24, 2.45) is 0 Å². The van der Waals surface area contributed by atoms with Crippen molar-refractivity contribution in [3.63, 3.8) is 0 Å². The van der Waals surface area contributed by atoms with Crippen molar-refractivity contribution in [3.8, 4) is 11.4 Å². The number of imidazole rings is 1. The van der Waals surface area contributed by atoms with Gasteiger partial charge in [-0.2, -0.15) is 13.2 Å². The number of anilines is 2. The van der Waals surface area contributed by atoms with Gasteiger partial charge >= 0.3 is 6.18 Å². The van der Waals surface area contributed by atoms with Gasteiger partial charge in [-0.3, -0.25) is 0 Å². The van der Waals surface area contributed by atoms with E-state index in [4.69, 9.17) is 0 Å². The Morgan fingerprint density at radius 3 is 2.26 bits per heavy atom. The van der Waals surface area contributed by atoms with Gasteiger partial charge < -0.3 is 9.88 Å². The van der Waals surface area contributed by atoms with Gasteiger partial charge in [0, 0.05) is 24.0 Å². The number of alkyl halides is 3. The fraction of sp³-hybridized carbons (Fsp3) is 0.409. The summed E-state index contributed by atoms with van der Waals surface area (Å²) in [4.78, 5) is 12.3. The SMILES string of the molecule is Cc1cc(S(=O)(=O)NC(C)C)ccc1Nc1ncc(C(F)(F)F)c(-c2cnc(C)n2C(C)C)n1. The second kappa shape index (κ2) is 9.34. The number of rotatable bonds is 7. The van der Waals surface area contributed by atoms with E-state index < -0.39 is 21.8 Å². The average Bonchev–Trinajstić information content (AvgIpc) is 3.09. The van der Waals surface area contributed by atoms with E-state index in [1.54, 1.807) is 32.3 Å². The van der Waals surface area contributed by atoms with Gasteiger partial charge in [0.2, 0.25) is 16.0 Å². The van der Waals surface area contributed by atoms with Crippen molar-refractivity contribution in [2.45, 2.75) is 64.7 Å². The molecule has 0 fully saturated rings. The summed E-state index contributed by atoms with van der Waals surface area (Å²) in [7, 11) is -3.69. The zero-order valence-corrected chi connectivity index (χ0v) is 20.5. The van der Waals surface area contributed by atoms with E-state index in [1.807, 2.05) is 13.8 Å². The van der Waals surface area contributed by atoms with Crippen LogP contribution in [0.1, 0.15) is 50.7 Å². The third-order valence-electron chi connectivity index (χ3n) is 4.98. The monoisotopic (exact) mass is 496 g/mol. The molecule has 0 radical (unpaired) electrons. The van der Waals surface area contributed by atoms with Crippen molar-refractivity contribution in [2.75, 3.05) is 5.32 Å². The van der Waals surface area contributed by atoms with Gasteiger partial charge in [-0.1, -0.05) is 0 Å². The first kappa shape index (κ1) is 25.6. The first-order valence-corrected chi connectivity index (χ1v) is 12.1. The minimum absolute atomic E-state index is 0.0591. The summed E-state index contributed by atoms with van der Waals surface area (Å²) >= 11 is 0. The Kier molecular flexibility index (Phi) is 7.04. The zero-order valence-electron chi connectivity index (χ0n) is 19.7. The number of hydrogen-bond acceptors (Lipinski definition) is 6. The molecule has 2 aromatic heterocycles. The molecule has 184 valence electrons. The summed E-state index contributed by atoms with van der Waals surface area (Å²) in [6.07, 6.45) is -2.56.